The highest BCUT2D eigenvalue weighted by Gasteiger charge is 2.33. The van der Waals surface area contributed by atoms with Crippen molar-refractivity contribution >= 4 is 18.4 Å². The summed E-state index contributed by atoms with van der Waals surface area (Å²) in [5.74, 6) is -0.189. The van der Waals surface area contributed by atoms with Crippen molar-refractivity contribution in [1.82, 2.24) is 14.8 Å². The molecule has 0 saturated carbocycles. The lowest BCUT2D eigenvalue weighted by molar-refractivity contribution is 0.0878. The number of hydrogen-bond donors (Lipinski definition) is 1. The van der Waals surface area contributed by atoms with Crippen LogP contribution < -0.4 is 0 Å². The van der Waals surface area contributed by atoms with Gasteiger partial charge in [-0.2, -0.15) is 12.6 Å². The Labute approximate surface area is 155 Å². The van der Waals surface area contributed by atoms with E-state index >= 15 is 0 Å². The van der Waals surface area contributed by atoms with Crippen LogP contribution in [0.5, 0.6) is 0 Å². The molecule has 1 aromatic carbocycles. The van der Waals surface area contributed by atoms with E-state index in [9.17, 15) is 4.79 Å². The average molecular weight is 356 g/mol. The molecule has 1 fully saturated rings. The van der Waals surface area contributed by atoms with Crippen LogP contribution in [0.25, 0.3) is 0 Å². The van der Waals surface area contributed by atoms with Gasteiger partial charge in [0, 0.05) is 44.1 Å². The molecule has 0 aliphatic carbocycles. The first-order chi connectivity index (χ1) is 12.1. The lowest BCUT2D eigenvalue weighted by Gasteiger charge is -2.38. The number of pyridine rings is 1. The zero-order valence-electron chi connectivity index (χ0n) is 14.8. The highest BCUT2D eigenvalue weighted by Crippen LogP contribution is 2.30. The van der Waals surface area contributed by atoms with E-state index in [0.717, 1.165) is 42.9 Å². The van der Waals surface area contributed by atoms with E-state index in [4.69, 9.17) is 12.6 Å². The summed E-state index contributed by atoms with van der Waals surface area (Å²) in [5, 5.41) is -0.149. The molecule has 3 rings (SSSR count). The number of carbonyl (C=O) groups is 1. The second-order valence-corrected chi connectivity index (χ2v) is 7.27. The van der Waals surface area contributed by atoms with Gasteiger partial charge in [-0.05, 0) is 37.7 Å². The lowest BCUT2D eigenvalue weighted by Crippen LogP contribution is -2.50. The van der Waals surface area contributed by atoms with E-state index in [1.807, 2.05) is 43.3 Å². The van der Waals surface area contributed by atoms with Crippen LogP contribution in [0.3, 0.4) is 0 Å². The molecular formula is C20H25N3OS. The number of benzene rings is 1. The number of hydrogen-bond acceptors (Lipinski definition) is 5. The van der Waals surface area contributed by atoms with Crippen molar-refractivity contribution in [2.75, 3.05) is 33.2 Å². The number of ketones is 1. The summed E-state index contributed by atoms with van der Waals surface area (Å²) in [4.78, 5) is 22.1. The maximum atomic E-state index is 13.3. The predicted molar refractivity (Wildman–Crippen MR) is 104 cm³/mol. The van der Waals surface area contributed by atoms with Crippen molar-refractivity contribution in [1.29, 1.82) is 0 Å². The van der Waals surface area contributed by atoms with Gasteiger partial charge in [-0.25, -0.2) is 0 Å². The summed E-state index contributed by atoms with van der Waals surface area (Å²) >= 11 is 4.89. The molecule has 2 atom stereocenters. The Kier molecular flexibility index (Phi) is 5.89. The number of rotatable bonds is 5. The molecule has 0 bridgehead atoms. The number of Topliss-reactive ketones (excluding diaryl/α,β-unsaturated/α-hetero) is 1. The van der Waals surface area contributed by atoms with E-state index in [2.05, 4.69) is 21.8 Å². The number of nitrogens with zero attached hydrogens (tertiary/aromatic N) is 3. The Hall–Kier alpha value is -1.69. The maximum Gasteiger partial charge on any atom is 0.172 e. The minimum absolute atomic E-state index is 0.119. The summed E-state index contributed by atoms with van der Waals surface area (Å²) in [6, 6.07) is 11.7. The topological polar surface area (TPSA) is 36.4 Å². The summed E-state index contributed by atoms with van der Waals surface area (Å²) in [6.07, 6.45) is 3.49. The minimum atomic E-state index is -0.309. The number of carbonyl (C=O) groups excluding carboxylic acids is 1. The van der Waals surface area contributed by atoms with Crippen LogP contribution in [0.1, 0.15) is 27.4 Å². The first-order valence-corrected chi connectivity index (χ1v) is 9.19. The van der Waals surface area contributed by atoms with Crippen LogP contribution in [0.15, 0.2) is 48.8 Å². The first-order valence-electron chi connectivity index (χ1n) is 8.68. The van der Waals surface area contributed by atoms with Gasteiger partial charge in [0.05, 0.1) is 11.3 Å². The molecule has 0 N–H and O–H groups in total. The first kappa shape index (κ1) is 18.1. The van der Waals surface area contributed by atoms with Crippen molar-refractivity contribution < 1.29 is 4.79 Å². The second kappa shape index (κ2) is 8.13. The molecule has 25 heavy (non-hydrogen) atoms. The molecule has 0 radical (unpaired) electrons. The Morgan fingerprint density at radius 2 is 1.80 bits per heavy atom. The Morgan fingerprint density at radius 3 is 2.44 bits per heavy atom. The van der Waals surface area contributed by atoms with Crippen LogP contribution in [0.4, 0.5) is 0 Å². The summed E-state index contributed by atoms with van der Waals surface area (Å²) in [6.45, 7) is 5.86. The van der Waals surface area contributed by atoms with E-state index in [-0.39, 0.29) is 17.1 Å². The molecule has 0 amide bonds. The van der Waals surface area contributed by atoms with Crippen molar-refractivity contribution in [3.63, 3.8) is 0 Å². The van der Waals surface area contributed by atoms with Crippen LogP contribution in [-0.2, 0) is 0 Å². The summed E-state index contributed by atoms with van der Waals surface area (Å²) in [5.41, 5.74) is 2.81. The zero-order valence-corrected chi connectivity index (χ0v) is 15.7. The summed E-state index contributed by atoms with van der Waals surface area (Å²) < 4.78 is 0. The second-order valence-electron chi connectivity index (χ2n) is 6.74. The van der Waals surface area contributed by atoms with Crippen LogP contribution >= 0.6 is 12.6 Å². The van der Waals surface area contributed by atoms with E-state index in [1.54, 1.807) is 12.4 Å². The number of likely N-dealkylation sites (N-methyl/N-ethyl adjacent to an activating group) is 1. The fourth-order valence-corrected chi connectivity index (χ4v) is 3.84. The third-order valence-corrected chi connectivity index (χ3v) is 5.49. The molecule has 1 aliphatic heterocycles. The van der Waals surface area contributed by atoms with Gasteiger partial charge >= 0.3 is 0 Å². The van der Waals surface area contributed by atoms with Crippen molar-refractivity contribution in [3.05, 3.63) is 65.5 Å². The Bertz CT molecular complexity index is 714. The molecule has 4 nitrogen and oxygen atoms in total. The number of aryl methyl sites for hydroxylation is 1. The number of piperazine rings is 1. The van der Waals surface area contributed by atoms with Crippen LogP contribution in [-0.4, -0.2) is 59.2 Å². The average Bonchev–Trinajstić information content (AvgIpc) is 2.63. The molecule has 1 saturated heterocycles. The number of thiol groups is 1. The molecule has 2 aromatic rings. The molecule has 1 aliphatic rings. The molecule has 1 aromatic heterocycles. The van der Waals surface area contributed by atoms with Crippen molar-refractivity contribution in [3.8, 4) is 0 Å². The summed E-state index contributed by atoms with van der Waals surface area (Å²) in [7, 11) is 2.13. The Morgan fingerprint density at radius 1 is 1.12 bits per heavy atom. The lowest BCUT2D eigenvalue weighted by atomic mass is 9.89. The largest absolute Gasteiger partial charge is 0.304 e. The van der Waals surface area contributed by atoms with Crippen LogP contribution in [0.2, 0.25) is 0 Å². The molecule has 0 spiro atoms. The van der Waals surface area contributed by atoms with E-state index in [1.165, 1.54) is 0 Å². The molecular weight excluding hydrogens is 330 g/mol. The van der Waals surface area contributed by atoms with E-state index in [0.29, 0.717) is 0 Å². The van der Waals surface area contributed by atoms with Gasteiger partial charge in [0.25, 0.3) is 0 Å². The fourth-order valence-electron chi connectivity index (χ4n) is 3.30. The molecule has 2 heterocycles. The van der Waals surface area contributed by atoms with Gasteiger partial charge in [0.1, 0.15) is 0 Å². The monoisotopic (exact) mass is 355 g/mol. The van der Waals surface area contributed by atoms with Crippen molar-refractivity contribution in [2.24, 2.45) is 0 Å². The third kappa shape index (κ3) is 4.29. The molecule has 5 heteroatoms. The van der Waals surface area contributed by atoms with Gasteiger partial charge in [0.2, 0.25) is 0 Å². The zero-order chi connectivity index (χ0) is 17.8. The van der Waals surface area contributed by atoms with Crippen LogP contribution in [0, 0.1) is 6.92 Å². The van der Waals surface area contributed by atoms with Gasteiger partial charge in [0.15, 0.2) is 5.78 Å². The normalized spacial score (nSPS) is 18.7. The van der Waals surface area contributed by atoms with Gasteiger partial charge in [-0.1, -0.05) is 23.8 Å². The van der Waals surface area contributed by atoms with E-state index < -0.39 is 0 Å². The maximum absolute atomic E-state index is 13.3. The third-order valence-electron chi connectivity index (χ3n) is 4.86. The highest BCUT2D eigenvalue weighted by molar-refractivity contribution is 7.81. The standard InChI is InChI=1S/C20H25N3OS/c1-15-4-3-5-17(14-15)19(24)18(16-6-8-21-9-7-16)20(25)23-12-10-22(2)11-13-23/h3-9,14,18,20,25H,10-13H2,1-2H3. The minimum Gasteiger partial charge on any atom is -0.304 e. The number of aromatic nitrogens is 1. The van der Waals surface area contributed by atoms with Gasteiger partial charge in [-0.3, -0.25) is 14.7 Å². The smallest absolute Gasteiger partial charge is 0.172 e. The fraction of sp³-hybridized carbons (Fsp3) is 0.400. The SMILES string of the molecule is Cc1cccc(C(=O)C(c2ccncc2)C(S)N2CCN(C)CC2)c1. The Balaban J connectivity index is 1.91. The quantitative estimate of drug-likeness (QED) is 0.661. The highest BCUT2D eigenvalue weighted by atomic mass is 32.1. The predicted octanol–water partition coefficient (Wildman–Crippen LogP) is 2.86. The van der Waals surface area contributed by atoms with Crippen molar-refractivity contribution in [2.45, 2.75) is 18.2 Å². The molecule has 2 unspecified atom stereocenters. The molecule has 132 valence electrons. The van der Waals surface area contributed by atoms with Gasteiger partial charge < -0.3 is 4.90 Å². The van der Waals surface area contributed by atoms with Gasteiger partial charge in [-0.15, -0.1) is 0 Å².